The van der Waals surface area contributed by atoms with Crippen molar-refractivity contribution in [1.29, 1.82) is 0 Å². The van der Waals surface area contributed by atoms with Crippen molar-refractivity contribution in [2.75, 3.05) is 5.73 Å². The lowest BCUT2D eigenvalue weighted by Crippen LogP contribution is -2.28. The first-order valence-electron chi connectivity index (χ1n) is 9.00. The number of hydrogen-bond donors (Lipinski definition) is 2. The first-order chi connectivity index (χ1) is 13.1. The normalized spacial score (nSPS) is 19.3. The number of benzene rings is 1. The van der Waals surface area contributed by atoms with E-state index >= 15 is 0 Å². The van der Waals surface area contributed by atoms with Gasteiger partial charge in [-0.05, 0) is 24.6 Å². The van der Waals surface area contributed by atoms with Crippen LogP contribution in [0, 0.1) is 0 Å². The molecule has 136 valence electrons. The second-order valence-electron chi connectivity index (χ2n) is 6.54. The Morgan fingerprint density at radius 3 is 2.89 bits per heavy atom. The molecule has 1 aromatic carbocycles. The van der Waals surface area contributed by atoms with Gasteiger partial charge in [0.1, 0.15) is 17.8 Å². The van der Waals surface area contributed by atoms with Gasteiger partial charge in [-0.1, -0.05) is 24.3 Å². The number of para-hydroxylation sites is 1. The summed E-state index contributed by atoms with van der Waals surface area (Å²) in [5, 5.41) is 1.78. The van der Waals surface area contributed by atoms with Crippen molar-refractivity contribution in [3.63, 3.8) is 0 Å². The number of nitrogens with zero attached hydrogens (tertiary/aromatic N) is 4. The highest BCUT2D eigenvalue weighted by atomic mass is 35.5. The molecule has 1 aliphatic heterocycles. The lowest BCUT2D eigenvalue weighted by atomic mass is 9.97. The fourth-order valence-electron chi connectivity index (χ4n) is 3.76. The molecule has 4 N–H and O–H groups in total. The van der Waals surface area contributed by atoms with Crippen molar-refractivity contribution < 1.29 is 1.37 Å². The molecule has 3 aromatic heterocycles. The Morgan fingerprint density at radius 2 is 2.04 bits per heavy atom. The van der Waals surface area contributed by atoms with Gasteiger partial charge in [0, 0.05) is 35.3 Å². The Balaban J connectivity index is 0.00000192. The lowest BCUT2D eigenvalue weighted by molar-refractivity contribution is 0.625. The molecule has 0 bridgehead atoms. The zero-order valence-corrected chi connectivity index (χ0v) is 15.4. The highest BCUT2D eigenvalue weighted by Crippen LogP contribution is 2.41. The molecule has 4 aromatic rings. The standard InChI is InChI=1S/C20H18N6.ClH/c1-11-6-14(21)9-26-18(11)16(17-19(22)24-10-25-20(17)26)13-7-12-4-2-3-5-15(12)23-8-13;/h2-8,10,14H,9,21H2,1H3,(H2,22,24,25);1H/t14-;/m0./s1/i9D;/t9?,14-;. The molecule has 0 spiro atoms. The largest absolute Gasteiger partial charge is 0.383 e. The fourth-order valence-corrected chi connectivity index (χ4v) is 3.76. The highest BCUT2D eigenvalue weighted by molar-refractivity contribution is 6.06. The number of hydrogen-bond acceptors (Lipinski definition) is 5. The Kier molecular flexibility index (Phi) is 3.81. The van der Waals surface area contributed by atoms with Crippen molar-refractivity contribution in [3.05, 3.63) is 54.6 Å². The van der Waals surface area contributed by atoms with E-state index in [4.69, 9.17) is 12.8 Å². The van der Waals surface area contributed by atoms with Crippen LogP contribution in [0.4, 0.5) is 5.82 Å². The number of aromatic nitrogens is 4. The molecule has 0 aliphatic carbocycles. The Labute approximate surface area is 163 Å². The van der Waals surface area contributed by atoms with Crippen LogP contribution in [0.2, 0.25) is 0 Å². The predicted molar refractivity (Wildman–Crippen MR) is 112 cm³/mol. The van der Waals surface area contributed by atoms with E-state index in [1.165, 1.54) is 6.33 Å². The predicted octanol–water partition coefficient (Wildman–Crippen LogP) is 3.39. The molecule has 1 aliphatic rings. The number of fused-ring (bicyclic) bond motifs is 4. The number of rotatable bonds is 1. The number of nitrogens with two attached hydrogens (primary N) is 2. The summed E-state index contributed by atoms with van der Waals surface area (Å²) in [5.41, 5.74) is 17.7. The van der Waals surface area contributed by atoms with Crippen molar-refractivity contribution in [1.82, 2.24) is 19.5 Å². The molecule has 4 heterocycles. The summed E-state index contributed by atoms with van der Waals surface area (Å²) in [6.45, 7) is 1.32. The van der Waals surface area contributed by atoms with E-state index in [0.29, 0.717) is 11.5 Å². The molecule has 5 rings (SSSR count). The van der Waals surface area contributed by atoms with E-state index < -0.39 is 12.6 Å². The van der Waals surface area contributed by atoms with E-state index in [1.54, 1.807) is 0 Å². The summed E-state index contributed by atoms with van der Waals surface area (Å²) in [6, 6.07) is 9.64. The lowest BCUT2D eigenvalue weighted by Gasteiger charge is -2.21. The van der Waals surface area contributed by atoms with Crippen LogP contribution in [0.15, 0.2) is 48.9 Å². The summed E-state index contributed by atoms with van der Waals surface area (Å²) in [5.74, 6) is 0.388. The van der Waals surface area contributed by atoms with Gasteiger partial charge < -0.3 is 16.0 Å². The van der Waals surface area contributed by atoms with Crippen LogP contribution in [-0.2, 0) is 6.52 Å². The molecule has 0 amide bonds. The van der Waals surface area contributed by atoms with Gasteiger partial charge in [0.05, 0.1) is 18.0 Å². The van der Waals surface area contributed by atoms with E-state index in [9.17, 15) is 0 Å². The SMILES string of the molecule is Cl.[2H]C1[C@@H](N)C=C(C)c2c(-c3cnc4ccccc4c3)c3c(N)ncnc3n21. The van der Waals surface area contributed by atoms with Crippen molar-refractivity contribution in [2.45, 2.75) is 19.5 Å². The van der Waals surface area contributed by atoms with Gasteiger partial charge >= 0.3 is 0 Å². The molecule has 1 unspecified atom stereocenters. The van der Waals surface area contributed by atoms with Crippen LogP contribution in [0.1, 0.15) is 14.0 Å². The Bertz CT molecular complexity index is 1250. The third-order valence-electron chi connectivity index (χ3n) is 4.83. The minimum Gasteiger partial charge on any atom is -0.383 e. The summed E-state index contributed by atoms with van der Waals surface area (Å²) in [6.07, 6.45) is 5.19. The van der Waals surface area contributed by atoms with Crippen LogP contribution in [-0.4, -0.2) is 25.6 Å². The molecule has 2 atom stereocenters. The van der Waals surface area contributed by atoms with Crippen LogP contribution in [0.25, 0.3) is 38.6 Å². The summed E-state index contributed by atoms with van der Waals surface area (Å²) in [4.78, 5) is 13.2. The molecule has 0 fully saturated rings. The van der Waals surface area contributed by atoms with Gasteiger partial charge in [-0.2, -0.15) is 0 Å². The van der Waals surface area contributed by atoms with Crippen LogP contribution in [0.5, 0.6) is 0 Å². The first kappa shape index (κ1) is 16.2. The number of anilines is 1. The molecule has 0 saturated carbocycles. The maximum atomic E-state index is 8.59. The first-order valence-corrected chi connectivity index (χ1v) is 8.42. The van der Waals surface area contributed by atoms with Gasteiger partial charge in [0.15, 0.2) is 0 Å². The monoisotopic (exact) mass is 379 g/mol. The summed E-state index contributed by atoms with van der Waals surface area (Å²) >= 11 is 0. The maximum absolute atomic E-state index is 8.59. The topological polar surface area (TPSA) is 95.6 Å². The Hall–Kier alpha value is -2.96. The molecular formula is C20H19ClN6. The third-order valence-corrected chi connectivity index (χ3v) is 4.83. The summed E-state index contributed by atoms with van der Waals surface area (Å²) in [7, 11) is 0. The van der Waals surface area contributed by atoms with Crippen molar-refractivity contribution in [2.24, 2.45) is 5.73 Å². The third kappa shape index (κ3) is 2.57. The molecule has 0 saturated heterocycles. The molecule has 7 heteroatoms. The van der Waals surface area contributed by atoms with Gasteiger partial charge in [-0.25, -0.2) is 9.97 Å². The van der Waals surface area contributed by atoms with E-state index in [1.807, 2.05) is 48.0 Å². The summed E-state index contributed by atoms with van der Waals surface area (Å²) < 4.78 is 10.4. The van der Waals surface area contributed by atoms with E-state index in [0.717, 1.165) is 38.7 Å². The number of pyridine rings is 1. The smallest absolute Gasteiger partial charge is 0.146 e. The van der Waals surface area contributed by atoms with Gasteiger partial charge in [0.2, 0.25) is 0 Å². The average molecular weight is 380 g/mol. The number of nitrogen functional groups attached to an aromatic ring is 1. The number of halogens is 1. The highest BCUT2D eigenvalue weighted by Gasteiger charge is 2.26. The average Bonchev–Trinajstić information content (AvgIpc) is 3.03. The maximum Gasteiger partial charge on any atom is 0.146 e. The molecule has 27 heavy (non-hydrogen) atoms. The molecule has 0 radical (unpaired) electrons. The van der Waals surface area contributed by atoms with E-state index in [2.05, 4.69) is 21.0 Å². The second kappa shape index (κ2) is 6.33. The minimum atomic E-state index is -0.678. The van der Waals surface area contributed by atoms with Gasteiger partial charge in [-0.3, -0.25) is 4.98 Å². The van der Waals surface area contributed by atoms with Crippen molar-refractivity contribution in [3.8, 4) is 11.1 Å². The van der Waals surface area contributed by atoms with E-state index in [-0.39, 0.29) is 12.4 Å². The molecular weight excluding hydrogens is 360 g/mol. The van der Waals surface area contributed by atoms with Gasteiger partial charge in [0.25, 0.3) is 0 Å². The van der Waals surface area contributed by atoms with Crippen LogP contribution < -0.4 is 11.5 Å². The van der Waals surface area contributed by atoms with Crippen LogP contribution >= 0.6 is 12.4 Å². The molecule has 6 nitrogen and oxygen atoms in total. The quantitative estimate of drug-likeness (QED) is 0.528. The zero-order chi connectivity index (χ0) is 18.7. The Morgan fingerprint density at radius 1 is 1.22 bits per heavy atom. The zero-order valence-electron chi connectivity index (χ0n) is 15.6. The van der Waals surface area contributed by atoms with Crippen LogP contribution in [0.3, 0.4) is 0 Å². The number of allylic oxidation sites excluding steroid dienone is 1. The van der Waals surface area contributed by atoms with Crippen molar-refractivity contribution >= 4 is 45.7 Å². The minimum absolute atomic E-state index is 0. The second-order valence-corrected chi connectivity index (χ2v) is 6.54. The fraction of sp³-hybridized carbons (Fsp3) is 0.150. The van der Waals surface area contributed by atoms with Gasteiger partial charge in [-0.15, -0.1) is 12.4 Å².